The zero-order valence-electron chi connectivity index (χ0n) is 13.3. The minimum absolute atomic E-state index is 0.540. The maximum atomic E-state index is 5.53. The molecule has 0 saturated carbocycles. The average molecular weight is 304 g/mol. The van der Waals surface area contributed by atoms with Crippen LogP contribution < -0.4 is 0 Å². The third-order valence-corrected chi connectivity index (χ3v) is 4.69. The molecule has 116 valence electrons. The highest BCUT2D eigenvalue weighted by Crippen LogP contribution is 2.26. The van der Waals surface area contributed by atoms with Crippen LogP contribution in [0.4, 0.5) is 0 Å². The predicted octanol–water partition coefficient (Wildman–Crippen LogP) is 3.94. The Hall–Kier alpha value is -2.39. The molecule has 0 radical (unpaired) electrons. The van der Waals surface area contributed by atoms with E-state index in [4.69, 9.17) is 4.52 Å². The highest BCUT2D eigenvalue weighted by Gasteiger charge is 2.25. The van der Waals surface area contributed by atoms with Gasteiger partial charge in [0.25, 0.3) is 0 Å². The molecule has 1 heterocycles. The molecule has 23 heavy (non-hydrogen) atoms. The highest BCUT2D eigenvalue weighted by atomic mass is 16.5. The average Bonchev–Trinajstić information content (AvgIpc) is 3.22. The van der Waals surface area contributed by atoms with Crippen molar-refractivity contribution < 1.29 is 4.52 Å². The van der Waals surface area contributed by atoms with Gasteiger partial charge in [0.2, 0.25) is 0 Å². The first kappa shape index (κ1) is 14.2. The van der Waals surface area contributed by atoms with Gasteiger partial charge in [-0.2, -0.15) is 0 Å². The molecule has 0 amide bonds. The number of nitrogens with zero attached hydrogens (tertiary/aromatic N) is 2. The molecule has 2 aromatic carbocycles. The van der Waals surface area contributed by atoms with Crippen molar-refractivity contribution in [1.29, 1.82) is 0 Å². The molecule has 0 aliphatic heterocycles. The number of hydrogen-bond donors (Lipinski definition) is 0. The number of rotatable bonds is 4. The van der Waals surface area contributed by atoms with Crippen molar-refractivity contribution in [2.75, 3.05) is 7.05 Å². The van der Waals surface area contributed by atoms with Gasteiger partial charge in [-0.05, 0) is 31.0 Å². The zero-order valence-corrected chi connectivity index (χ0v) is 13.3. The maximum absolute atomic E-state index is 5.53. The van der Waals surface area contributed by atoms with Crippen LogP contribution in [0.15, 0.2) is 65.2 Å². The van der Waals surface area contributed by atoms with E-state index in [1.165, 1.54) is 11.1 Å². The second kappa shape index (κ2) is 6.01. The smallest absolute Gasteiger partial charge is 0.151 e. The molecule has 1 aromatic heterocycles. The van der Waals surface area contributed by atoms with Crippen LogP contribution in [0, 0.1) is 0 Å². The summed E-state index contributed by atoms with van der Waals surface area (Å²) in [4.78, 5) is 2.37. The lowest BCUT2D eigenvalue weighted by atomic mass is 10.1. The van der Waals surface area contributed by atoms with E-state index >= 15 is 0 Å². The summed E-state index contributed by atoms with van der Waals surface area (Å²) in [6, 6.07) is 21.5. The molecule has 0 atom stereocenters. The number of aromatic nitrogens is 1. The fourth-order valence-corrected chi connectivity index (χ4v) is 3.35. The number of fused-ring (bicyclic) bond motifs is 1. The van der Waals surface area contributed by atoms with Gasteiger partial charge >= 0.3 is 0 Å². The van der Waals surface area contributed by atoms with Crippen molar-refractivity contribution in [1.82, 2.24) is 10.1 Å². The van der Waals surface area contributed by atoms with Crippen LogP contribution in [-0.2, 0) is 19.4 Å². The van der Waals surface area contributed by atoms with Crippen LogP contribution in [-0.4, -0.2) is 23.1 Å². The summed E-state index contributed by atoms with van der Waals surface area (Å²) < 4.78 is 5.53. The van der Waals surface area contributed by atoms with Gasteiger partial charge in [0, 0.05) is 17.7 Å². The fraction of sp³-hybridized carbons (Fsp3) is 0.250. The topological polar surface area (TPSA) is 29.3 Å². The monoisotopic (exact) mass is 304 g/mol. The molecule has 0 saturated heterocycles. The number of benzene rings is 2. The second-order valence-electron chi connectivity index (χ2n) is 6.29. The molecule has 0 unspecified atom stereocenters. The van der Waals surface area contributed by atoms with Gasteiger partial charge in [-0.15, -0.1) is 0 Å². The lowest BCUT2D eigenvalue weighted by Gasteiger charge is -2.22. The van der Waals surface area contributed by atoms with E-state index in [9.17, 15) is 0 Å². The first-order valence-corrected chi connectivity index (χ1v) is 8.07. The Kier molecular flexibility index (Phi) is 3.72. The Balaban J connectivity index is 1.44. The lowest BCUT2D eigenvalue weighted by Crippen LogP contribution is -2.31. The van der Waals surface area contributed by atoms with Gasteiger partial charge in [-0.1, -0.05) is 59.8 Å². The second-order valence-corrected chi connectivity index (χ2v) is 6.29. The Bertz CT molecular complexity index is 769. The Morgan fingerprint density at radius 2 is 1.65 bits per heavy atom. The first-order chi connectivity index (χ1) is 11.3. The lowest BCUT2D eigenvalue weighted by molar-refractivity contribution is 0.212. The van der Waals surface area contributed by atoms with Crippen LogP contribution in [0.2, 0.25) is 0 Å². The van der Waals surface area contributed by atoms with Gasteiger partial charge in [0.15, 0.2) is 5.76 Å². The van der Waals surface area contributed by atoms with Crippen LogP contribution in [0.3, 0.4) is 0 Å². The van der Waals surface area contributed by atoms with E-state index in [1.54, 1.807) is 0 Å². The van der Waals surface area contributed by atoms with Gasteiger partial charge in [0.05, 0.1) is 6.54 Å². The van der Waals surface area contributed by atoms with Crippen LogP contribution in [0.1, 0.15) is 16.9 Å². The standard InChI is InChI=1S/C20H20N2O/c1-22(18-11-16-9-5-6-10-17(16)12-18)14-19-13-20(21-23-19)15-7-3-2-4-8-15/h2-10,13,18H,11-12,14H2,1H3. The number of likely N-dealkylation sites (N-methyl/N-ethyl adjacent to an activating group) is 1. The van der Waals surface area contributed by atoms with Crippen molar-refractivity contribution >= 4 is 0 Å². The van der Waals surface area contributed by atoms with Crippen molar-refractivity contribution in [3.63, 3.8) is 0 Å². The van der Waals surface area contributed by atoms with Gasteiger partial charge in [-0.3, -0.25) is 4.90 Å². The molecule has 3 aromatic rings. The molecule has 4 rings (SSSR count). The molecular formula is C20H20N2O. The van der Waals surface area contributed by atoms with E-state index < -0.39 is 0 Å². The molecule has 3 nitrogen and oxygen atoms in total. The Morgan fingerprint density at radius 1 is 1.00 bits per heavy atom. The summed E-state index contributed by atoms with van der Waals surface area (Å²) in [5.74, 6) is 0.919. The molecule has 1 aliphatic carbocycles. The van der Waals surface area contributed by atoms with Crippen LogP contribution in [0.5, 0.6) is 0 Å². The molecular weight excluding hydrogens is 284 g/mol. The molecule has 3 heteroatoms. The van der Waals surface area contributed by atoms with Crippen molar-refractivity contribution in [2.24, 2.45) is 0 Å². The maximum Gasteiger partial charge on any atom is 0.151 e. The summed E-state index contributed by atoms with van der Waals surface area (Å²) in [6.45, 7) is 0.790. The minimum atomic E-state index is 0.540. The zero-order chi connectivity index (χ0) is 15.6. The SMILES string of the molecule is CN(Cc1cc(-c2ccccc2)no1)C1Cc2ccccc2C1. The normalized spacial score (nSPS) is 14.3. The minimum Gasteiger partial charge on any atom is -0.359 e. The molecule has 0 bridgehead atoms. The van der Waals surface area contributed by atoms with Crippen molar-refractivity contribution in [3.8, 4) is 11.3 Å². The van der Waals surface area contributed by atoms with E-state index in [1.807, 2.05) is 24.3 Å². The van der Waals surface area contributed by atoms with E-state index in [2.05, 4.69) is 53.5 Å². The predicted molar refractivity (Wildman–Crippen MR) is 91.0 cm³/mol. The first-order valence-electron chi connectivity index (χ1n) is 8.07. The third kappa shape index (κ3) is 2.92. The van der Waals surface area contributed by atoms with Crippen molar-refractivity contribution in [2.45, 2.75) is 25.4 Å². The summed E-state index contributed by atoms with van der Waals surface area (Å²) in [5.41, 5.74) is 4.96. The Labute approximate surface area is 136 Å². The quantitative estimate of drug-likeness (QED) is 0.731. The van der Waals surface area contributed by atoms with Crippen LogP contribution in [0.25, 0.3) is 11.3 Å². The Morgan fingerprint density at radius 3 is 2.35 bits per heavy atom. The molecule has 0 fully saturated rings. The number of hydrogen-bond acceptors (Lipinski definition) is 3. The summed E-state index contributed by atoms with van der Waals surface area (Å²) in [6.07, 6.45) is 2.23. The van der Waals surface area contributed by atoms with E-state index in [-0.39, 0.29) is 0 Å². The van der Waals surface area contributed by atoms with Crippen LogP contribution >= 0.6 is 0 Å². The molecule has 1 aliphatic rings. The largest absolute Gasteiger partial charge is 0.359 e. The fourth-order valence-electron chi connectivity index (χ4n) is 3.35. The summed E-state index contributed by atoms with van der Waals surface area (Å²) in [7, 11) is 2.17. The van der Waals surface area contributed by atoms with E-state index in [0.717, 1.165) is 36.4 Å². The third-order valence-electron chi connectivity index (χ3n) is 4.69. The van der Waals surface area contributed by atoms with Gasteiger partial charge < -0.3 is 4.52 Å². The van der Waals surface area contributed by atoms with Crippen molar-refractivity contribution in [3.05, 3.63) is 77.6 Å². The highest BCUT2D eigenvalue weighted by molar-refractivity contribution is 5.58. The van der Waals surface area contributed by atoms with Gasteiger partial charge in [0.1, 0.15) is 5.69 Å². The van der Waals surface area contributed by atoms with E-state index in [0.29, 0.717) is 6.04 Å². The van der Waals surface area contributed by atoms with Gasteiger partial charge in [-0.25, -0.2) is 0 Å². The summed E-state index contributed by atoms with van der Waals surface area (Å²) in [5, 5.41) is 4.20. The molecule has 0 spiro atoms. The molecule has 0 N–H and O–H groups in total. The summed E-state index contributed by atoms with van der Waals surface area (Å²) >= 11 is 0.